The lowest BCUT2D eigenvalue weighted by Gasteiger charge is -2.44. The molecular formula is C19H30N2O. The molecule has 3 nitrogen and oxygen atoms in total. The zero-order chi connectivity index (χ0) is 16.7. The fraction of sp³-hybridized carbons (Fsp3) is 0.632. The number of rotatable bonds is 2. The van der Waals surface area contributed by atoms with Gasteiger partial charge in [0.2, 0.25) is 5.91 Å². The molecule has 0 aromatic heterocycles. The third-order valence-corrected chi connectivity index (χ3v) is 4.66. The minimum atomic E-state index is -0.239. The largest absolute Gasteiger partial charge is 0.332 e. The molecular weight excluding hydrogens is 272 g/mol. The smallest absolute Gasteiger partial charge is 0.237 e. The van der Waals surface area contributed by atoms with Gasteiger partial charge in [0.1, 0.15) is 0 Å². The molecule has 3 heteroatoms. The van der Waals surface area contributed by atoms with E-state index in [2.05, 4.69) is 52.8 Å². The molecule has 0 unspecified atom stereocenters. The van der Waals surface area contributed by atoms with E-state index < -0.39 is 0 Å². The van der Waals surface area contributed by atoms with Gasteiger partial charge in [0.25, 0.3) is 0 Å². The van der Waals surface area contributed by atoms with E-state index >= 15 is 0 Å². The van der Waals surface area contributed by atoms with Crippen LogP contribution in [0.1, 0.15) is 51.3 Å². The number of carbonyl (C=O) groups excluding carboxylic acids is 1. The second-order valence-electron chi connectivity index (χ2n) is 8.21. The summed E-state index contributed by atoms with van der Waals surface area (Å²) in [6.45, 7) is 12.3. The first-order valence-corrected chi connectivity index (χ1v) is 8.12. The maximum atomic E-state index is 12.5. The Labute approximate surface area is 135 Å². The second-order valence-corrected chi connectivity index (χ2v) is 8.21. The van der Waals surface area contributed by atoms with Gasteiger partial charge >= 0.3 is 0 Å². The van der Waals surface area contributed by atoms with Crippen molar-refractivity contribution in [1.82, 2.24) is 9.80 Å². The van der Waals surface area contributed by atoms with Gasteiger partial charge in [-0.05, 0) is 56.5 Å². The first-order chi connectivity index (χ1) is 10.0. The molecule has 0 saturated carbocycles. The van der Waals surface area contributed by atoms with Crippen LogP contribution < -0.4 is 0 Å². The highest BCUT2D eigenvalue weighted by atomic mass is 16.2. The SMILES string of the molecule is CN(C)CC(=O)N1CCc2cc(C(C)(C)C)ccc2C1(C)C. The van der Waals surface area contributed by atoms with Crippen LogP contribution in [0.4, 0.5) is 0 Å². The summed E-state index contributed by atoms with van der Waals surface area (Å²) in [5, 5.41) is 0. The van der Waals surface area contributed by atoms with E-state index in [1.54, 1.807) is 0 Å². The van der Waals surface area contributed by atoms with E-state index in [-0.39, 0.29) is 16.9 Å². The minimum absolute atomic E-state index is 0.164. The van der Waals surface area contributed by atoms with Crippen LogP contribution in [0.5, 0.6) is 0 Å². The molecule has 0 bridgehead atoms. The van der Waals surface area contributed by atoms with Gasteiger partial charge in [0, 0.05) is 6.54 Å². The van der Waals surface area contributed by atoms with E-state index in [9.17, 15) is 4.79 Å². The van der Waals surface area contributed by atoms with Crippen LogP contribution in [0, 0.1) is 0 Å². The van der Waals surface area contributed by atoms with Crippen LogP contribution in [-0.4, -0.2) is 42.9 Å². The molecule has 0 aliphatic carbocycles. The molecule has 0 saturated heterocycles. The third-order valence-electron chi connectivity index (χ3n) is 4.66. The highest BCUT2D eigenvalue weighted by Crippen LogP contribution is 2.37. The molecule has 0 radical (unpaired) electrons. The summed E-state index contributed by atoms with van der Waals surface area (Å²) in [7, 11) is 3.89. The van der Waals surface area contributed by atoms with Gasteiger partial charge in [-0.15, -0.1) is 0 Å². The van der Waals surface area contributed by atoms with E-state index in [1.807, 2.05) is 23.9 Å². The number of likely N-dealkylation sites (N-methyl/N-ethyl adjacent to an activating group) is 1. The van der Waals surface area contributed by atoms with Crippen molar-refractivity contribution >= 4 is 5.91 Å². The summed E-state index contributed by atoms with van der Waals surface area (Å²) in [4.78, 5) is 16.5. The Morgan fingerprint density at radius 3 is 2.45 bits per heavy atom. The van der Waals surface area contributed by atoms with Gasteiger partial charge < -0.3 is 9.80 Å². The van der Waals surface area contributed by atoms with Gasteiger partial charge in [-0.3, -0.25) is 4.79 Å². The van der Waals surface area contributed by atoms with Crippen molar-refractivity contribution in [1.29, 1.82) is 0 Å². The maximum Gasteiger partial charge on any atom is 0.237 e. The van der Waals surface area contributed by atoms with E-state index in [1.165, 1.54) is 16.7 Å². The van der Waals surface area contributed by atoms with Crippen LogP contribution in [0.15, 0.2) is 18.2 Å². The lowest BCUT2D eigenvalue weighted by Crippen LogP contribution is -2.52. The number of benzene rings is 1. The summed E-state index contributed by atoms with van der Waals surface area (Å²) in [5.74, 6) is 0.209. The van der Waals surface area contributed by atoms with Gasteiger partial charge in [0.05, 0.1) is 12.1 Å². The predicted molar refractivity (Wildman–Crippen MR) is 92.1 cm³/mol. The van der Waals surface area contributed by atoms with Crippen molar-refractivity contribution in [3.63, 3.8) is 0 Å². The number of amides is 1. The van der Waals surface area contributed by atoms with Crippen LogP contribution in [0.25, 0.3) is 0 Å². The van der Waals surface area contributed by atoms with E-state index in [4.69, 9.17) is 0 Å². The van der Waals surface area contributed by atoms with Gasteiger partial charge in [-0.2, -0.15) is 0 Å². The topological polar surface area (TPSA) is 23.6 Å². The average molecular weight is 302 g/mol. The Balaban J connectivity index is 2.36. The molecule has 1 aliphatic heterocycles. The quantitative estimate of drug-likeness (QED) is 0.838. The Morgan fingerprint density at radius 2 is 1.91 bits per heavy atom. The third kappa shape index (κ3) is 3.19. The lowest BCUT2D eigenvalue weighted by molar-refractivity contribution is -0.138. The van der Waals surface area contributed by atoms with Crippen molar-refractivity contribution in [3.05, 3.63) is 34.9 Å². The second kappa shape index (κ2) is 5.69. The summed E-state index contributed by atoms with van der Waals surface area (Å²) in [6.07, 6.45) is 0.946. The Hall–Kier alpha value is -1.35. The van der Waals surface area contributed by atoms with Crippen molar-refractivity contribution in [2.24, 2.45) is 0 Å². The lowest BCUT2D eigenvalue weighted by atomic mass is 9.78. The number of fused-ring (bicyclic) bond motifs is 1. The molecule has 1 aromatic carbocycles. The first kappa shape index (κ1) is 17.0. The Kier molecular flexibility index (Phi) is 4.40. The normalized spacial score (nSPS) is 17.5. The number of carbonyl (C=O) groups is 1. The standard InChI is InChI=1S/C19H30N2O/c1-18(2,3)15-8-9-16-14(12-15)10-11-21(19(16,4)5)17(22)13-20(6)7/h8-9,12H,10-11,13H2,1-7H3. The molecule has 1 heterocycles. The monoisotopic (exact) mass is 302 g/mol. The van der Waals surface area contributed by atoms with Crippen molar-refractivity contribution in [2.45, 2.75) is 52.0 Å². The fourth-order valence-electron chi connectivity index (χ4n) is 3.31. The molecule has 1 amide bonds. The van der Waals surface area contributed by atoms with Crippen LogP contribution in [-0.2, 0) is 22.2 Å². The molecule has 0 spiro atoms. The number of hydrogen-bond donors (Lipinski definition) is 0. The van der Waals surface area contributed by atoms with Gasteiger partial charge in [-0.1, -0.05) is 39.0 Å². The van der Waals surface area contributed by atoms with Gasteiger partial charge in [-0.25, -0.2) is 0 Å². The molecule has 1 aromatic rings. The fourth-order valence-corrected chi connectivity index (χ4v) is 3.31. The Morgan fingerprint density at radius 1 is 1.27 bits per heavy atom. The number of nitrogens with zero attached hydrogens (tertiary/aromatic N) is 2. The molecule has 1 aliphatic rings. The zero-order valence-electron chi connectivity index (χ0n) is 15.2. The van der Waals surface area contributed by atoms with Crippen LogP contribution >= 0.6 is 0 Å². The summed E-state index contributed by atoms with van der Waals surface area (Å²) >= 11 is 0. The van der Waals surface area contributed by atoms with E-state index in [0.717, 1.165) is 13.0 Å². The molecule has 0 atom stereocenters. The van der Waals surface area contributed by atoms with Crippen molar-refractivity contribution < 1.29 is 4.79 Å². The summed E-state index contributed by atoms with van der Waals surface area (Å²) < 4.78 is 0. The summed E-state index contributed by atoms with van der Waals surface area (Å²) in [5.41, 5.74) is 3.98. The van der Waals surface area contributed by atoms with Crippen molar-refractivity contribution in [3.8, 4) is 0 Å². The van der Waals surface area contributed by atoms with Crippen LogP contribution in [0.3, 0.4) is 0 Å². The highest BCUT2D eigenvalue weighted by molar-refractivity contribution is 5.79. The minimum Gasteiger partial charge on any atom is -0.332 e. The summed E-state index contributed by atoms with van der Waals surface area (Å²) in [6, 6.07) is 6.79. The molecule has 22 heavy (non-hydrogen) atoms. The zero-order valence-corrected chi connectivity index (χ0v) is 15.2. The van der Waals surface area contributed by atoms with Crippen molar-refractivity contribution in [2.75, 3.05) is 27.2 Å². The molecule has 122 valence electrons. The van der Waals surface area contributed by atoms with Crippen LogP contribution in [0.2, 0.25) is 0 Å². The molecule has 0 fully saturated rings. The molecule has 0 N–H and O–H groups in total. The number of hydrogen-bond acceptors (Lipinski definition) is 2. The molecule has 2 rings (SSSR count). The predicted octanol–water partition coefficient (Wildman–Crippen LogP) is 3.17. The van der Waals surface area contributed by atoms with Gasteiger partial charge in [0.15, 0.2) is 0 Å². The maximum absolute atomic E-state index is 12.5. The first-order valence-electron chi connectivity index (χ1n) is 8.12. The Bertz CT molecular complexity index is 567. The highest BCUT2D eigenvalue weighted by Gasteiger charge is 2.37. The van der Waals surface area contributed by atoms with E-state index in [0.29, 0.717) is 6.54 Å². The average Bonchev–Trinajstić information content (AvgIpc) is 2.35.